The summed E-state index contributed by atoms with van der Waals surface area (Å²) in [6, 6.07) is 0. The molecule has 2 aliphatic heterocycles. The minimum absolute atomic E-state index is 0.341. The molecule has 0 saturated carbocycles. The van der Waals surface area contributed by atoms with Crippen LogP contribution in [0.3, 0.4) is 0 Å². The summed E-state index contributed by atoms with van der Waals surface area (Å²) in [7, 11) is 0. The molecule has 0 aromatic heterocycles. The largest absolute Gasteiger partial charge is 0.389 e. The molecule has 2 heterocycles. The van der Waals surface area contributed by atoms with Gasteiger partial charge in [0.25, 0.3) is 0 Å². The van der Waals surface area contributed by atoms with Crippen LogP contribution in [0.25, 0.3) is 0 Å². The van der Waals surface area contributed by atoms with Gasteiger partial charge in [-0.05, 0) is 44.6 Å². The molecule has 0 radical (unpaired) electrons. The van der Waals surface area contributed by atoms with E-state index in [1.54, 1.807) is 0 Å². The molecule has 0 aromatic rings. The van der Waals surface area contributed by atoms with E-state index in [0.29, 0.717) is 5.41 Å². The van der Waals surface area contributed by atoms with E-state index in [9.17, 15) is 5.11 Å². The Labute approximate surface area is 117 Å². The van der Waals surface area contributed by atoms with Gasteiger partial charge in [-0.25, -0.2) is 0 Å². The number of ether oxygens (including phenoxy) is 1. The number of nitrogens with one attached hydrogen (secondary N) is 1. The van der Waals surface area contributed by atoms with Crippen LogP contribution >= 0.6 is 0 Å². The van der Waals surface area contributed by atoms with Crippen LogP contribution in [0.4, 0.5) is 0 Å². The maximum Gasteiger partial charge on any atom is 0.0758 e. The molecule has 2 fully saturated rings. The zero-order chi connectivity index (χ0) is 13.8. The highest BCUT2D eigenvalue weighted by Crippen LogP contribution is 2.33. The number of β-amino-alcohol motifs (C(OH)–C–C–N with tert-alkyl or cyclic N) is 1. The summed E-state index contributed by atoms with van der Waals surface area (Å²) < 4.78 is 5.54. The van der Waals surface area contributed by atoms with Crippen molar-refractivity contribution in [3.63, 3.8) is 0 Å². The molecule has 2 N–H and O–H groups in total. The van der Waals surface area contributed by atoms with Crippen LogP contribution in [0.1, 0.15) is 39.5 Å². The molecule has 2 aliphatic rings. The quantitative estimate of drug-likeness (QED) is 0.713. The van der Waals surface area contributed by atoms with Crippen molar-refractivity contribution in [3.05, 3.63) is 0 Å². The highest BCUT2D eigenvalue weighted by Gasteiger charge is 2.38. The van der Waals surface area contributed by atoms with Crippen molar-refractivity contribution >= 4 is 0 Å². The lowest BCUT2D eigenvalue weighted by atomic mass is 9.79. The zero-order valence-electron chi connectivity index (χ0n) is 12.6. The van der Waals surface area contributed by atoms with Crippen molar-refractivity contribution in [2.75, 3.05) is 45.9 Å². The Morgan fingerprint density at radius 1 is 1.26 bits per heavy atom. The Kier molecular flexibility index (Phi) is 5.23. The molecule has 19 heavy (non-hydrogen) atoms. The molecule has 1 atom stereocenters. The molecule has 4 nitrogen and oxygen atoms in total. The third kappa shape index (κ3) is 4.42. The van der Waals surface area contributed by atoms with Gasteiger partial charge in [0.15, 0.2) is 0 Å². The fraction of sp³-hybridized carbons (Fsp3) is 1.00. The first-order chi connectivity index (χ1) is 9.05. The Balaban J connectivity index is 1.90. The molecule has 112 valence electrons. The molecule has 0 aliphatic carbocycles. The lowest BCUT2D eigenvalue weighted by molar-refractivity contribution is -0.00613. The van der Waals surface area contributed by atoms with E-state index in [-0.39, 0.29) is 0 Å². The number of aliphatic hydroxyl groups is 1. The van der Waals surface area contributed by atoms with Gasteiger partial charge in [0.1, 0.15) is 0 Å². The highest BCUT2D eigenvalue weighted by atomic mass is 16.5. The second-order valence-electron chi connectivity index (χ2n) is 6.75. The summed E-state index contributed by atoms with van der Waals surface area (Å²) in [5, 5.41) is 13.7. The van der Waals surface area contributed by atoms with E-state index in [4.69, 9.17) is 4.74 Å². The molecular formula is C15H30N2O2. The highest BCUT2D eigenvalue weighted by molar-refractivity contribution is 4.92. The van der Waals surface area contributed by atoms with Gasteiger partial charge in [0.2, 0.25) is 0 Å². The van der Waals surface area contributed by atoms with Crippen molar-refractivity contribution in [1.29, 1.82) is 0 Å². The monoisotopic (exact) mass is 270 g/mol. The summed E-state index contributed by atoms with van der Waals surface area (Å²) in [5.41, 5.74) is -0.142. The molecule has 0 amide bonds. The van der Waals surface area contributed by atoms with Gasteiger partial charge < -0.3 is 15.2 Å². The number of likely N-dealkylation sites (tertiary alicyclic amines) is 1. The van der Waals surface area contributed by atoms with Gasteiger partial charge in [0, 0.05) is 39.4 Å². The second kappa shape index (κ2) is 6.53. The van der Waals surface area contributed by atoms with E-state index < -0.39 is 5.60 Å². The molecular weight excluding hydrogens is 240 g/mol. The minimum atomic E-state index is -0.483. The number of rotatable bonds is 6. The third-order valence-electron chi connectivity index (χ3n) is 4.57. The fourth-order valence-electron chi connectivity index (χ4n) is 3.37. The van der Waals surface area contributed by atoms with Crippen LogP contribution in [0.2, 0.25) is 0 Å². The number of nitrogens with zero attached hydrogens (tertiary/aromatic N) is 1. The van der Waals surface area contributed by atoms with Gasteiger partial charge in [-0.15, -0.1) is 0 Å². The SMILES string of the molecule is CCCNCC1(CN2CCC(C)(O)C2)CCOCC1. The van der Waals surface area contributed by atoms with Crippen molar-refractivity contribution < 1.29 is 9.84 Å². The number of hydrogen-bond acceptors (Lipinski definition) is 4. The summed E-state index contributed by atoms with van der Waals surface area (Å²) in [5.74, 6) is 0. The van der Waals surface area contributed by atoms with Crippen molar-refractivity contribution in [3.8, 4) is 0 Å². The summed E-state index contributed by atoms with van der Waals surface area (Å²) in [4.78, 5) is 2.44. The van der Waals surface area contributed by atoms with Gasteiger partial charge >= 0.3 is 0 Å². The smallest absolute Gasteiger partial charge is 0.0758 e. The van der Waals surface area contributed by atoms with Crippen molar-refractivity contribution in [2.45, 2.75) is 45.1 Å². The van der Waals surface area contributed by atoms with Gasteiger partial charge in [-0.1, -0.05) is 6.92 Å². The molecule has 2 rings (SSSR count). The van der Waals surface area contributed by atoms with Crippen LogP contribution in [0, 0.1) is 5.41 Å². The Morgan fingerprint density at radius 3 is 2.58 bits per heavy atom. The normalized spacial score (nSPS) is 31.7. The summed E-state index contributed by atoms with van der Waals surface area (Å²) >= 11 is 0. The topological polar surface area (TPSA) is 44.7 Å². The first-order valence-electron chi connectivity index (χ1n) is 7.79. The number of hydrogen-bond donors (Lipinski definition) is 2. The lowest BCUT2D eigenvalue weighted by Crippen LogP contribution is -2.47. The average Bonchev–Trinajstić information content (AvgIpc) is 2.70. The Morgan fingerprint density at radius 2 is 2.00 bits per heavy atom. The van der Waals surface area contributed by atoms with E-state index >= 15 is 0 Å². The van der Waals surface area contributed by atoms with Gasteiger partial charge in [-0.2, -0.15) is 0 Å². The first-order valence-corrected chi connectivity index (χ1v) is 7.79. The van der Waals surface area contributed by atoms with E-state index in [0.717, 1.165) is 65.2 Å². The van der Waals surface area contributed by atoms with Crippen LogP contribution < -0.4 is 5.32 Å². The standard InChI is InChI=1S/C15H30N2O2/c1-3-7-16-11-15(5-9-19-10-6-15)13-17-8-4-14(2,18)12-17/h16,18H,3-13H2,1-2H3. The zero-order valence-corrected chi connectivity index (χ0v) is 12.6. The maximum atomic E-state index is 10.1. The Bertz CT molecular complexity index is 275. The molecule has 2 saturated heterocycles. The average molecular weight is 270 g/mol. The molecule has 0 spiro atoms. The molecule has 0 aromatic carbocycles. The van der Waals surface area contributed by atoms with Gasteiger partial charge in [-0.3, -0.25) is 4.90 Å². The molecule has 4 heteroatoms. The maximum absolute atomic E-state index is 10.1. The third-order valence-corrected chi connectivity index (χ3v) is 4.57. The fourth-order valence-corrected chi connectivity index (χ4v) is 3.37. The first kappa shape index (κ1) is 15.2. The van der Waals surface area contributed by atoms with E-state index in [1.165, 1.54) is 6.42 Å². The summed E-state index contributed by atoms with van der Waals surface area (Å²) in [6.45, 7) is 11.1. The summed E-state index contributed by atoms with van der Waals surface area (Å²) in [6.07, 6.45) is 4.37. The van der Waals surface area contributed by atoms with Gasteiger partial charge in [0.05, 0.1) is 5.60 Å². The van der Waals surface area contributed by atoms with Crippen molar-refractivity contribution in [2.24, 2.45) is 5.41 Å². The molecule has 0 bridgehead atoms. The predicted octanol–water partition coefficient (Wildman–Crippen LogP) is 1.24. The Hall–Kier alpha value is -0.160. The lowest BCUT2D eigenvalue weighted by Gasteiger charge is -2.40. The van der Waals surface area contributed by atoms with Crippen LogP contribution in [-0.2, 0) is 4.74 Å². The predicted molar refractivity (Wildman–Crippen MR) is 77.3 cm³/mol. The van der Waals surface area contributed by atoms with E-state index in [1.807, 2.05) is 6.92 Å². The van der Waals surface area contributed by atoms with Crippen LogP contribution in [-0.4, -0.2) is 61.5 Å². The van der Waals surface area contributed by atoms with E-state index in [2.05, 4.69) is 17.1 Å². The van der Waals surface area contributed by atoms with Crippen LogP contribution in [0.15, 0.2) is 0 Å². The minimum Gasteiger partial charge on any atom is -0.389 e. The van der Waals surface area contributed by atoms with Crippen LogP contribution in [0.5, 0.6) is 0 Å². The molecule has 1 unspecified atom stereocenters. The van der Waals surface area contributed by atoms with Crippen molar-refractivity contribution in [1.82, 2.24) is 10.2 Å². The second-order valence-corrected chi connectivity index (χ2v) is 6.75.